The summed E-state index contributed by atoms with van der Waals surface area (Å²) in [5.74, 6) is -1.41. The van der Waals surface area contributed by atoms with Gasteiger partial charge in [-0.25, -0.2) is 9.59 Å². The van der Waals surface area contributed by atoms with E-state index in [1.807, 2.05) is 13.8 Å². The lowest BCUT2D eigenvalue weighted by molar-refractivity contribution is -0.144. The van der Waals surface area contributed by atoms with Crippen molar-refractivity contribution in [1.82, 2.24) is 10.6 Å². The first-order chi connectivity index (χ1) is 11.3. The summed E-state index contributed by atoms with van der Waals surface area (Å²) in [4.78, 5) is 35.4. The Labute approximate surface area is 140 Å². The van der Waals surface area contributed by atoms with Crippen molar-refractivity contribution in [2.24, 2.45) is 0 Å². The second-order valence-corrected chi connectivity index (χ2v) is 6.38. The molecule has 0 aliphatic heterocycles. The monoisotopic (exact) mass is 333 g/mol. The highest BCUT2D eigenvalue weighted by atomic mass is 16.4. The van der Waals surface area contributed by atoms with E-state index in [-0.39, 0.29) is 12.1 Å². The molecule has 4 N–H and O–H groups in total. The van der Waals surface area contributed by atoms with Crippen molar-refractivity contribution in [2.45, 2.75) is 51.1 Å². The first-order valence-electron chi connectivity index (χ1n) is 8.06. The normalized spacial score (nSPS) is 15.8. The second-order valence-electron chi connectivity index (χ2n) is 6.38. The highest BCUT2D eigenvalue weighted by molar-refractivity contribution is 5.98. The van der Waals surface area contributed by atoms with E-state index in [9.17, 15) is 19.5 Å². The van der Waals surface area contributed by atoms with Gasteiger partial charge in [0.1, 0.15) is 5.54 Å². The Bertz CT molecular complexity index is 619. The van der Waals surface area contributed by atoms with Gasteiger partial charge in [-0.15, -0.1) is 0 Å². The number of benzene rings is 1. The van der Waals surface area contributed by atoms with Crippen molar-refractivity contribution in [3.8, 4) is 0 Å². The number of aliphatic carboxylic acids is 1. The Morgan fingerprint density at radius 1 is 1.08 bits per heavy atom. The number of carbonyl (C=O) groups excluding carboxylic acids is 2. The first kappa shape index (κ1) is 17.8. The van der Waals surface area contributed by atoms with E-state index in [0.717, 1.165) is 12.8 Å². The standard InChI is InChI=1S/C17H23N3O4/c1-11(2)18-16(24)19-13-7-5-12(6-8-13)14(21)20-17(15(22)23)9-3-4-10-17/h5-8,11H,3-4,9-10H2,1-2H3,(H,20,21)(H,22,23)(H2,18,19,24). The number of hydrogen-bond acceptors (Lipinski definition) is 3. The smallest absolute Gasteiger partial charge is 0.329 e. The molecule has 1 aliphatic rings. The summed E-state index contributed by atoms with van der Waals surface area (Å²) >= 11 is 0. The largest absolute Gasteiger partial charge is 0.480 e. The van der Waals surface area contributed by atoms with E-state index in [0.29, 0.717) is 24.1 Å². The Kier molecular flexibility index (Phi) is 5.43. The first-order valence-corrected chi connectivity index (χ1v) is 8.06. The van der Waals surface area contributed by atoms with Crippen LogP contribution in [0.1, 0.15) is 49.9 Å². The van der Waals surface area contributed by atoms with Gasteiger partial charge < -0.3 is 21.1 Å². The van der Waals surface area contributed by atoms with Gasteiger partial charge in [0.15, 0.2) is 0 Å². The van der Waals surface area contributed by atoms with Gasteiger partial charge in [-0.2, -0.15) is 0 Å². The summed E-state index contributed by atoms with van der Waals surface area (Å²) < 4.78 is 0. The van der Waals surface area contributed by atoms with Crippen molar-refractivity contribution in [3.05, 3.63) is 29.8 Å². The van der Waals surface area contributed by atoms with Crippen molar-refractivity contribution in [1.29, 1.82) is 0 Å². The molecule has 0 bridgehead atoms. The molecule has 130 valence electrons. The molecule has 0 aromatic heterocycles. The van der Waals surface area contributed by atoms with Crippen LogP contribution in [-0.4, -0.2) is 34.6 Å². The van der Waals surface area contributed by atoms with E-state index < -0.39 is 17.4 Å². The minimum Gasteiger partial charge on any atom is -0.480 e. The number of rotatable bonds is 5. The Balaban J connectivity index is 2.01. The summed E-state index contributed by atoms with van der Waals surface area (Å²) in [6.07, 6.45) is 2.48. The lowest BCUT2D eigenvalue weighted by atomic mass is 9.97. The Morgan fingerprint density at radius 2 is 1.67 bits per heavy atom. The van der Waals surface area contributed by atoms with E-state index in [1.165, 1.54) is 0 Å². The van der Waals surface area contributed by atoms with Crippen LogP contribution in [-0.2, 0) is 4.79 Å². The number of amides is 3. The molecule has 7 nitrogen and oxygen atoms in total. The average molecular weight is 333 g/mol. The number of carboxylic acid groups (broad SMARTS) is 1. The molecule has 24 heavy (non-hydrogen) atoms. The molecular weight excluding hydrogens is 310 g/mol. The van der Waals surface area contributed by atoms with Gasteiger partial charge in [-0.3, -0.25) is 4.79 Å². The SMILES string of the molecule is CC(C)NC(=O)Nc1ccc(C(=O)NC2(C(=O)O)CCCC2)cc1. The van der Waals surface area contributed by atoms with Gasteiger partial charge in [0.25, 0.3) is 5.91 Å². The molecule has 1 saturated carbocycles. The number of urea groups is 1. The zero-order valence-corrected chi connectivity index (χ0v) is 13.9. The summed E-state index contributed by atoms with van der Waals surface area (Å²) in [5, 5.41) is 17.4. The fraction of sp³-hybridized carbons (Fsp3) is 0.471. The zero-order chi connectivity index (χ0) is 17.7. The van der Waals surface area contributed by atoms with E-state index >= 15 is 0 Å². The quantitative estimate of drug-likeness (QED) is 0.663. The Morgan fingerprint density at radius 3 is 2.17 bits per heavy atom. The maximum Gasteiger partial charge on any atom is 0.329 e. The van der Waals surface area contributed by atoms with Crippen molar-refractivity contribution in [2.75, 3.05) is 5.32 Å². The number of anilines is 1. The third-order valence-electron chi connectivity index (χ3n) is 4.04. The molecule has 1 aromatic carbocycles. The topological polar surface area (TPSA) is 108 Å². The highest BCUT2D eigenvalue weighted by Crippen LogP contribution is 2.30. The van der Waals surface area contributed by atoms with Crippen LogP contribution in [0.4, 0.5) is 10.5 Å². The van der Waals surface area contributed by atoms with Crippen molar-refractivity contribution < 1.29 is 19.5 Å². The minimum absolute atomic E-state index is 0.0219. The molecule has 1 aromatic rings. The van der Waals surface area contributed by atoms with Crippen LogP contribution in [0.2, 0.25) is 0 Å². The minimum atomic E-state index is -1.16. The molecule has 0 atom stereocenters. The summed E-state index contributed by atoms with van der Waals surface area (Å²) in [6, 6.07) is 6.04. The maximum atomic E-state index is 12.3. The fourth-order valence-electron chi connectivity index (χ4n) is 2.79. The summed E-state index contributed by atoms with van der Waals surface area (Å²) in [6.45, 7) is 3.71. The molecule has 3 amide bonds. The number of carbonyl (C=O) groups is 3. The van der Waals surface area contributed by atoms with Crippen LogP contribution in [0.5, 0.6) is 0 Å². The molecule has 0 heterocycles. The maximum absolute atomic E-state index is 12.3. The molecule has 0 spiro atoms. The molecule has 0 radical (unpaired) electrons. The van der Waals surface area contributed by atoms with Crippen molar-refractivity contribution in [3.63, 3.8) is 0 Å². The van der Waals surface area contributed by atoms with Crippen LogP contribution in [0.15, 0.2) is 24.3 Å². The average Bonchev–Trinajstić information content (AvgIpc) is 2.97. The van der Waals surface area contributed by atoms with E-state index in [4.69, 9.17) is 0 Å². The third-order valence-corrected chi connectivity index (χ3v) is 4.04. The van der Waals surface area contributed by atoms with E-state index in [2.05, 4.69) is 16.0 Å². The molecule has 7 heteroatoms. The number of nitrogens with one attached hydrogen (secondary N) is 3. The van der Waals surface area contributed by atoms with Gasteiger partial charge in [0.2, 0.25) is 0 Å². The molecule has 1 aliphatic carbocycles. The van der Waals surface area contributed by atoms with Gasteiger partial charge in [-0.05, 0) is 51.0 Å². The zero-order valence-electron chi connectivity index (χ0n) is 13.9. The van der Waals surface area contributed by atoms with Crippen LogP contribution >= 0.6 is 0 Å². The lowest BCUT2D eigenvalue weighted by Crippen LogP contribution is -2.52. The fourth-order valence-corrected chi connectivity index (χ4v) is 2.79. The van der Waals surface area contributed by atoms with Crippen LogP contribution < -0.4 is 16.0 Å². The van der Waals surface area contributed by atoms with Gasteiger partial charge >= 0.3 is 12.0 Å². The number of carboxylic acids is 1. The molecule has 2 rings (SSSR count). The summed E-state index contributed by atoms with van der Waals surface area (Å²) in [5.41, 5.74) is -0.249. The highest BCUT2D eigenvalue weighted by Gasteiger charge is 2.42. The molecule has 1 fully saturated rings. The second kappa shape index (κ2) is 7.33. The van der Waals surface area contributed by atoms with Gasteiger partial charge in [-0.1, -0.05) is 12.8 Å². The van der Waals surface area contributed by atoms with E-state index in [1.54, 1.807) is 24.3 Å². The predicted octanol–water partition coefficient (Wildman–Crippen LogP) is 2.34. The predicted molar refractivity (Wildman–Crippen MR) is 90.0 cm³/mol. The lowest BCUT2D eigenvalue weighted by Gasteiger charge is -2.25. The molecular formula is C17H23N3O4. The number of hydrogen-bond donors (Lipinski definition) is 4. The van der Waals surface area contributed by atoms with Crippen LogP contribution in [0, 0.1) is 0 Å². The van der Waals surface area contributed by atoms with Crippen LogP contribution in [0.25, 0.3) is 0 Å². The Hall–Kier alpha value is -2.57. The summed E-state index contributed by atoms with van der Waals surface area (Å²) in [7, 11) is 0. The van der Waals surface area contributed by atoms with Crippen molar-refractivity contribution >= 4 is 23.6 Å². The molecule has 0 unspecified atom stereocenters. The van der Waals surface area contributed by atoms with Gasteiger partial charge in [0.05, 0.1) is 0 Å². The third kappa shape index (κ3) is 4.24. The molecule has 0 saturated heterocycles. The van der Waals surface area contributed by atoms with Crippen LogP contribution in [0.3, 0.4) is 0 Å². The van der Waals surface area contributed by atoms with Gasteiger partial charge in [0, 0.05) is 17.3 Å².